The summed E-state index contributed by atoms with van der Waals surface area (Å²) in [6.45, 7) is 7.21. The Morgan fingerprint density at radius 3 is 2.97 bits per heavy atom. The third kappa shape index (κ3) is 3.44. The molecular weight excluding hydrogens is 386 g/mol. The summed E-state index contributed by atoms with van der Waals surface area (Å²) >= 11 is 0. The van der Waals surface area contributed by atoms with Crippen LogP contribution in [0.25, 0.3) is 32.8 Å². The van der Waals surface area contributed by atoms with E-state index in [0.717, 1.165) is 52.3 Å². The van der Waals surface area contributed by atoms with Crippen LogP contribution in [0.4, 0.5) is 5.69 Å². The molecule has 1 fully saturated rings. The number of aromatic amines is 1. The molecule has 6 heteroatoms. The van der Waals surface area contributed by atoms with Gasteiger partial charge in [0.25, 0.3) is 0 Å². The number of rotatable bonds is 4. The molecule has 1 aliphatic rings. The summed E-state index contributed by atoms with van der Waals surface area (Å²) in [4.78, 5) is 18.5. The molecular formula is C25H25N5O. The molecule has 3 heterocycles. The lowest BCUT2D eigenvalue weighted by atomic mass is 9.93. The van der Waals surface area contributed by atoms with Gasteiger partial charge in [0, 0.05) is 41.5 Å². The SMILES string of the molecule is C=CC(=O)N1CCCC(Nc2cncc3c(-c4c(C)ccc5[nH]ncc45)cccc23)C1. The maximum absolute atomic E-state index is 12.1. The number of nitrogens with one attached hydrogen (secondary N) is 2. The molecule has 0 spiro atoms. The number of hydrogen-bond acceptors (Lipinski definition) is 4. The fourth-order valence-electron chi connectivity index (χ4n) is 4.66. The van der Waals surface area contributed by atoms with E-state index in [4.69, 9.17) is 0 Å². The minimum atomic E-state index is -0.00601. The summed E-state index contributed by atoms with van der Waals surface area (Å²) in [6, 6.07) is 10.7. The van der Waals surface area contributed by atoms with Gasteiger partial charge in [-0.15, -0.1) is 0 Å². The zero-order chi connectivity index (χ0) is 21.4. The van der Waals surface area contributed by atoms with Crippen LogP contribution >= 0.6 is 0 Å². The van der Waals surface area contributed by atoms with E-state index in [1.54, 1.807) is 0 Å². The minimum Gasteiger partial charge on any atom is -0.379 e. The van der Waals surface area contributed by atoms with Gasteiger partial charge >= 0.3 is 0 Å². The van der Waals surface area contributed by atoms with Gasteiger partial charge in [-0.05, 0) is 48.6 Å². The first-order chi connectivity index (χ1) is 15.2. The van der Waals surface area contributed by atoms with E-state index in [1.165, 1.54) is 17.2 Å². The van der Waals surface area contributed by atoms with E-state index in [-0.39, 0.29) is 11.9 Å². The monoisotopic (exact) mass is 411 g/mol. The molecule has 2 aromatic carbocycles. The summed E-state index contributed by atoms with van der Waals surface area (Å²) in [5.41, 5.74) is 5.54. The summed E-state index contributed by atoms with van der Waals surface area (Å²) in [6.07, 6.45) is 9.09. The molecule has 1 aliphatic heterocycles. The first-order valence-electron chi connectivity index (χ1n) is 10.6. The van der Waals surface area contributed by atoms with E-state index in [2.05, 4.69) is 64.3 Å². The topological polar surface area (TPSA) is 73.9 Å². The summed E-state index contributed by atoms with van der Waals surface area (Å²) in [5, 5.41) is 14.3. The van der Waals surface area contributed by atoms with Crippen molar-refractivity contribution < 1.29 is 4.79 Å². The molecule has 156 valence electrons. The number of anilines is 1. The lowest BCUT2D eigenvalue weighted by molar-refractivity contribution is -0.127. The molecule has 1 amide bonds. The van der Waals surface area contributed by atoms with Gasteiger partial charge < -0.3 is 10.2 Å². The van der Waals surface area contributed by atoms with Gasteiger partial charge in [0.15, 0.2) is 0 Å². The first kappa shape index (κ1) is 19.3. The van der Waals surface area contributed by atoms with Crippen molar-refractivity contribution in [3.8, 4) is 11.1 Å². The molecule has 2 aromatic heterocycles. The van der Waals surface area contributed by atoms with E-state index >= 15 is 0 Å². The fraction of sp³-hybridized carbons (Fsp3) is 0.240. The fourth-order valence-corrected chi connectivity index (χ4v) is 4.66. The number of hydrogen-bond donors (Lipinski definition) is 2. The molecule has 1 saturated heterocycles. The van der Waals surface area contributed by atoms with Crippen molar-refractivity contribution in [2.45, 2.75) is 25.8 Å². The highest BCUT2D eigenvalue weighted by molar-refractivity contribution is 6.08. The zero-order valence-corrected chi connectivity index (χ0v) is 17.6. The molecule has 2 N–H and O–H groups in total. The zero-order valence-electron chi connectivity index (χ0n) is 17.6. The van der Waals surface area contributed by atoms with Crippen LogP contribution in [0.15, 0.2) is 61.6 Å². The quantitative estimate of drug-likeness (QED) is 0.479. The number of aromatic nitrogens is 3. The van der Waals surface area contributed by atoms with Crippen LogP contribution in [0.2, 0.25) is 0 Å². The van der Waals surface area contributed by atoms with Gasteiger partial charge in [0.2, 0.25) is 5.91 Å². The molecule has 6 nitrogen and oxygen atoms in total. The number of nitrogens with zero attached hydrogens (tertiary/aromatic N) is 3. The second-order valence-corrected chi connectivity index (χ2v) is 8.15. The smallest absolute Gasteiger partial charge is 0.246 e. The number of likely N-dealkylation sites (tertiary alicyclic amines) is 1. The third-order valence-electron chi connectivity index (χ3n) is 6.17. The molecule has 1 atom stereocenters. The maximum Gasteiger partial charge on any atom is 0.246 e. The lowest BCUT2D eigenvalue weighted by Crippen LogP contribution is -2.44. The van der Waals surface area contributed by atoms with Crippen molar-refractivity contribution in [1.29, 1.82) is 0 Å². The van der Waals surface area contributed by atoms with E-state index < -0.39 is 0 Å². The Hall–Kier alpha value is -3.67. The average Bonchev–Trinajstić information content (AvgIpc) is 3.27. The second kappa shape index (κ2) is 7.87. The van der Waals surface area contributed by atoms with Crippen LogP contribution in [0, 0.1) is 6.92 Å². The molecule has 31 heavy (non-hydrogen) atoms. The Bertz CT molecular complexity index is 1290. The van der Waals surface area contributed by atoms with Crippen molar-refractivity contribution in [1.82, 2.24) is 20.1 Å². The number of H-pyrrole nitrogens is 1. The number of carbonyl (C=O) groups is 1. The molecule has 4 aromatic rings. The number of piperidine rings is 1. The Labute approximate surface area is 181 Å². The molecule has 1 unspecified atom stereocenters. The van der Waals surface area contributed by atoms with Crippen LogP contribution in [0.3, 0.4) is 0 Å². The summed E-state index contributed by atoms with van der Waals surface area (Å²) in [5.74, 6) is -0.00601. The van der Waals surface area contributed by atoms with Gasteiger partial charge in [0.05, 0.1) is 23.6 Å². The highest BCUT2D eigenvalue weighted by Crippen LogP contribution is 2.37. The van der Waals surface area contributed by atoms with Crippen molar-refractivity contribution in [3.63, 3.8) is 0 Å². The third-order valence-corrected chi connectivity index (χ3v) is 6.17. The standard InChI is InChI=1S/C25H25N5O/c1-3-24(31)30-11-5-6-17(15-30)28-23-14-26-12-20-18(23)7-4-8-19(20)25-16(2)9-10-22-21(25)13-27-29-22/h3-4,7-10,12-14,17,28H,1,5-6,11,15H2,2H3,(H,27,29). The average molecular weight is 412 g/mol. The van der Waals surface area contributed by atoms with Crippen LogP contribution in [-0.2, 0) is 4.79 Å². The van der Waals surface area contributed by atoms with E-state index in [9.17, 15) is 4.79 Å². The van der Waals surface area contributed by atoms with E-state index in [1.807, 2.05) is 23.5 Å². The predicted octanol–water partition coefficient (Wildman–Crippen LogP) is 4.68. The van der Waals surface area contributed by atoms with Gasteiger partial charge in [-0.3, -0.25) is 14.9 Å². The number of carbonyl (C=O) groups excluding carboxylic acids is 1. The lowest BCUT2D eigenvalue weighted by Gasteiger charge is -2.33. The first-order valence-corrected chi connectivity index (χ1v) is 10.6. The van der Waals surface area contributed by atoms with Crippen LogP contribution < -0.4 is 5.32 Å². The van der Waals surface area contributed by atoms with Gasteiger partial charge in [-0.2, -0.15) is 5.10 Å². The summed E-state index contributed by atoms with van der Waals surface area (Å²) < 4.78 is 0. The Morgan fingerprint density at radius 2 is 2.10 bits per heavy atom. The van der Waals surface area contributed by atoms with Crippen molar-refractivity contribution >= 4 is 33.3 Å². The van der Waals surface area contributed by atoms with Crippen LogP contribution in [0.1, 0.15) is 18.4 Å². The highest BCUT2D eigenvalue weighted by atomic mass is 16.2. The minimum absolute atomic E-state index is 0.00601. The molecule has 5 rings (SSSR count). The molecule has 0 radical (unpaired) electrons. The predicted molar refractivity (Wildman–Crippen MR) is 125 cm³/mol. The van der Waals surface area contributed by atoms with E-state index in [0.29, 0.717) is 6.54 Å². The largest absolute Gasteiger partial charge is 0.379 e. The van der Waals surface area contributed by atoms with Gasteiger partial charge in [-0.25, -0.2) is 0 Å². The van der Waals surface area contributed by atoms with Crippen LogP contribution in [0.5, 0.6) is 0 Å². The maximum atomic E-state index is 12.1. The number of amides is 1. The van der Waals surface area contributed by atoms with Crippen LogP contribution in [-0.4, -0.2) is 45.1 Å². The van der Waals surface area contributed by atoms with Gasteiger partial charge in [-0.1, -0.05) is 30.8 Å². The van der Waals surface area contributed by atoms with Gasteiger partial charge in [0.1, 0.15) is 0 Å². The van der Waals surface area contributed by atoms with Crippen molar-refractivity contribution in [2.75, 3.05) is 18.4 Å². The number of aryl methyl sites for hydroxylation is 1. The highest BCUT2D eigenvalue weighted by Gasteiger charge is 2.23. The van der Waals surface area contributed by atoms with Crippen molar-refractivity contribution in [3.05, 3.63) is 67.1 Å². The Morgan fingerprint density at radius 1 is 1.19 bits per heavy atom. The Kier molecular flexibility index (Phi) is 4.90. The second-order valence-electron chi connectivity index (χ2n) is 8.15. The number of benzene rings is 2. The molecule has 0 aliphatic carbocycles. The number of fused-ring (bicyclic) bond motifs is 2. The summed E-state index contributed by atoms with van der Waals surface area (Å²) in [7, 11) is 0. The number of pyridine rings is 1. The molecule has 0 bridgehead atoms. The van der Waals surface area contributed by atoms with Crippen molar-refractivity contribution in [2.24, 2.45) is 0 Å². The normalized spacial score (nSPS) is 16.5. The molecule has 0 saturated carbocycles. The Balaban J connectivity index is 1.55.